The molecular formula is C24H27N5O3S. The molecule has 3 aromatic rings. The number of hydrogen-bond donors (Lipinski definition) is 1. The molecule has 1 N–H and O–H groups in total. The molecule has 1 aliphatic heterocycles. The molecule has 0 atom stereocenters. The first-order chi connectivity index (χ1) is 15.9. The summed E-state index contributed by atoms with van der Waals surface area (Å²) >= 11 is 1.50. The van der Waals surface area contributed by atoms with Gasteiger partial charge < -0.3 is 14.7 Å². The van der Waals surface area contributed by atoms with Gasteiger partial charge in [0.15, 0.2) is 0 Å². The minimum atomic E-state index is -0.140. The van der Waals surface area contributed by atoms with Crippen LogP contribution in [0.5, 0.6) is 0 Å². The summed E-state index contributed by atoms with van der Waals surface area (Å²) < 4.78 is 5.23. The fourth-order valence-electron chi connectivity index (χ4n) is 3.87. The number of nitrogens with zero attached hydrogens (tertiary/aromatic N) is 4. The third kappa shape index (κ3) is 5.42. The summed E-state index contributed by atoms with van der Waals surface area (Å²) in [7, 11) is 0. The Bertz CT molecular complexity index is 1140. The third-order valence-electron chi connectivity index (χ3n) is 5.86. The van der Waals surface area contributed by atoms with E-state index in [0.29, 0.717) is 48.1 Å². The van der Waals surface area contributed by atoms with E-state index in [1.807, 2.05) is 43.9 Å². The fourth-order valence-corrected chi connectivity index (χ4v) is 5.00. The smallest absolute Gasteiger partial charge is 0.256 e. The van der Waals surface area contributed by atoms with E-state index in [2.05, 4.69) is 20.4 Å². The van der Waals surface area contributed by atoms with Crippen molar-refractivity contribution in [3.05, 3.63) is 64.8 Å². The third-order valence-corrected chi connectivity index (χ3v) is 6.89. The highest BCUT2D eigenvalue weighted by atomic mass is 32.2. The van der Waals surface area contributed by atoms with Gasteiger partial charge in [-0.1, -0.05) is 5.16 Å². The number of aryl methyl sites for hydroxylation is 3. The van der Waals surface area contributed by atoms with Crippen molar-refractivity contribution >= 4 is 29.4 Å². The Morgan fingerprint density at radius 1 is 1.15 bits per heavy atom. The number of likely N-dealkylation sites (tertiary alicyclic amines) is 1. The van der Waals surface area contributed by atoms with E-state index in [1.54, 1.807) is 18.5 Å². The van der Waals surface area contributed by atoms with Crippen LogP contribution in [0.2, 0.25) is 0 Å². The van der Waals surface area contributed by atoms with Crippen LogP contribution in [0.25, 0.3) is 0 Å². The zero-order valence-electron chi connectivity index (χ0n) is 19.0. The quantitative estimate of drug-likeness (QED) is 0.545. The lowest BCUT2D eigenvalue weighted by atomic mass is 9.95. The maximum absolute atomic E-state index is 13.3. The van der Waals surface area contributed by atoms with E-state index in [0.717, 1.165) is 22.6 Å². The molecule has 172 valence electrons. The molecule has 0 bridgehead atoms. The molecule has 9 heteroatoms. The highest BCUT2D eigenvalue weighted by Crippen LogP contribution is 2.29. The van der Waals surface area contributed by atoms with E-state index < -0.39 is 0 Å². The Morgan fingerprint density at radius 3 is 2.64 bits per heavy atom. The molecule has 8 nitrogen and oxygen atoms in total. The summed E-state index contributed by atoms with van der Waals surface area (Å²) in [6.07, 6.45) is 4.61. The number of nitrogens with one attached hydrogen (secondary N) is 1. The maximum atomic E-state index is 13.3. The molecule has 33 heavy (non-hydrogen) atoms. The predicted molar refractivity (Wildman–Crippen MR) is 126 cm³/mol. The van der Waals surface area contributed by atoms with Gasteiger partial charge in [-0.2, -0.15) is 0 Å². The number of thioether (sulfide) groups is 1. The predicted octanol–water partition coefficient (Wildman–Crippen LogP) is 4.17. The molecule has 1 aliphatic rings. The Hall–Kier alpha value is -3.20. The van der Waals surface area contributed by atoms with Crippen molar-refractivity contribution in [2.75, 3.05) is 18.4 Å². The summed E-state index contributed by atoms with van der Waals surface area (Å²) in [6.45, 7) is 6.81. The van der Waals surface area contributed by atoms with Crippen LogP contribution in [0.15, 0.2) is 46.2 Å². The lowest BCUT2D eigenvalue weighted by Crippen LogP contribution is -2.41. The highest BCUT2D eigenvalue weighted by Gasteiger charge is 2.29. The summed E-state index contributed by atoms with van der Waals surface area (Å²) in [6, 6.07) is 7.33. The number of anilines is 1. The second-order valence-corrected chi connectivity index (χ2v) is 9.19. The van der Waals surface area contributed by atoms with Crippen molar-refractivity contribution in [1.29, 1.82) is 0 Å². The second kappa shape index (κ2) is 10.2. The van der Waals surface area contributed by atoms with E-state index >= 15 is 0 Å². The minimum absolute atomic E-state index is 0.0442. The number of aromatic nitrogens is 3. The molecule has 1 fully saturated rings. The van der Waals surface area contributed by atoms with Crippen LogP contribution in [0.1, 0.15) is 45.8 Å². The molecule has 3 aromatic heterocycles. The van der Waals surface area contributed by atoms with Crippen molar-refractivity contribution in [1.82, 2.24) is 20.0 Å². The minimum Gasteiger partial charge on any atom is -0.361 e. The second-order valence-electron chi connectivity index (χ2n) is 8.22. The summed E-state index contributed by atoms with van der Waals surface area (Å²) in [5.41, 5.74) is 3.50. The molecule has 0 aromatic carbocycles. The van der Waals surface area contributed by atoms with Gasteiger partial charge in [0.25, 0.3) is 5.91 Å². The topological polar surface area (TPSA) is 101 Å². The van der Waals surface area contributed by atoms with Crippen LogP contribution in [0.3, 0.4) is 0 Å². The Kier molecular flexibility index (Phi) is 7.08. The molecular weight excluding hydrogens is 438 g/mol. The molecule has 0 aliphatic carbocycles. The standard InChI is InChI=1S/C24H27N5O3S/c1-15-6-10-25-21(13-15)27-22(30)18-7-11-29(12-8-18)24(31)19-5-4-9-26-23(19)33-14-20-16(2)28-32-17(20)3/h4-6,9-10,13,18H,7-8,11-12,14H2,1-3H3,(H,25,27,30). The van der Waals surface area contributed by atoms with Crippen molar-refractivity contribution < 1.29 is 14.1 Å². The van der Waals surface area contributed by atoms with Crippen LogP contribution in [0, 0.1) is 26.7 Å². The van der Waals surface area contributed by atoms with Gasteiger partial charge in [0, 0.05) is 42.7 Å². The molecule has 0 unspecified atom stereocenters. The molecule has 0 spiro atoms. The van der Waals surface area contributed by atoms with Gasteiger partial charge in [-0.25, -0.2) is 9.97 Å². The van der Waals surface area contributed by atoms with Gasteiger partial charge in [-0.15, -0.1) is 11.8 Å². The van der Waals surface area contributed by atoms with Crippen molar-refractivity contribution in [2.45, 2.75) is 44.4 Å². The van der Waals surface area contributed by atoms with Gasteiger partial charge in [0.05, 0.1) is 11.3 Å². The highest BCUT2D eigenvalue weighted by molar-refractivity contribution is 7.98. The number of piperidine rings is 1. The summed E-state index contributed by atoms with van der Waals surface area (Å²) in [5, 5.41) is 7.58. The van der Waals surface area contributed by atoms with Crippen LogP contribution >= 0.6 is 11.8 Å². The molecule has 4 rings (SSSR count). The first-order valence-electron chi connectivity index (χ1n) is 10.9. The van der Waals surface area contributed by atoms with Crippen LogP contribution < -0.4 is 5.32 Å². The average molecular weight is 466 g/mol. The molecule has 4 heterocycles. The first-order valence-corrected chi connectivity index (χ1v) is 11.9. The van der Waals surface area contributed by atoms with Crippen LogP contribution in [0.4, 0.5) is 5.82 Å². The zero-order valence-corrected chi connectivity index (χ0v) is 19.8. The van der Waals surface area contributed by atoms with Gasteiger partial charge in [0.1, 0.15) is 16.6 Å². The van der Waals surface area contributed by atoms with E-state index in [9.17, 15) is 9.59 Å². The Labute approximate surface area is 197 Å². The molecule has 2 amide bonds. The number of hydrogen-bond acceptors (Lipinski definition) is 7. The van der Waals surface area contributed by atoms with E-state index in [4.69, 9.17) is 4.52 Å². The van der Waals surface area contributed by atoms with Gasteiger partial charge >= 0.3 is 0 Å². The monoisotopic (exact) mass is 465 g/mol. The number of rotatable bonds is 6. The molecule has 0 saturated carbocycles. The lowest BCUT2D eigenvalue weighted by Gasteiger charge is -2.31. The van der Waals surface area contributed by atoms with Gasteiger partial charge in [-0.3, -0.25) is 9.59 Å². The van der Waals surface area contributed by atoms with E-state index in [1.165, 1.54) is 11.8 Å². The normalized spacial score (nSPS) is 14.3. The van der Waals surface area contributed by atoms with Gasteiger partial charge in [-0.05, 0) is 63.4 Å². The summed E-state index contributed by atoms with van der Waals surface area (Å²) in [4.78, 5) is 36.4. The Morgan fingerprint density at radius 2 is 1.94 bits per heavy atom. The Balaban J connectivity index is 1.36. The average Bonchev–Trinajstić information content (AvgIpc) is 3.14. The number of carbonyl (C=O) groups is 2. The van der Waals surface area contributed by atoms with E-state index in [-0.39, 0.29) is 17.7 Å². The van der Waals surface area contributed by atoms with Crippen molar-refractivity contribution in [3.8, 4) is 0 Å². The van der Waals surface area contributed by atoms with Crippen LogP contribution in [-0.2, 0) is 10.5 Å². The number of amides is 2. The lowest BCUT2D eigenvalue weighted by molar-refractivity contribution is -0.121. The first kappa shape index (κ1) is 23.0. The van der Waals surface area contributed by atoms with Gasteiger partial charge in [0.2, 0.25) is 5.91 Å². The largest absolute Gasteiger partial charge is 0.361 e. The number of pyridine rings is 2. The van der Waals surface area contributed by atoms with Crippen molar-refractivity contribution in [2.24, 2.45) is 5.92 Å². The summed E-state index contributed by atoms with van der Waals surface area (Å²) in [5.74, 6) is 1.74. The molecule has 0 radical (unpaired) electrons. The maximum Gasteiger partial charge on any atom is 0.256 e. The molecule has 1 saturated heterocycles. The number of carbonyl (C=O) groups excluding carboxylic acids is 2. The zero-order chi connectivity index (χ0) is 23.4. The van der Waals surface area contributed by atoms with Crippen LogP contribution in [-0.4, -0.2) is 44.9 Å². The van der Waals surface area contributed by atoms with Crippen molar-refractivity contribution in [3.63, 3.8) is 0 Å². The fraction of sp³-hybridized carbons (Fsp3) is 0.375. The SMILES string of the molecule is Cc1ccnc(NC(=O)C2CCN(C(=O)c3cccnc3SCc3c(C)noc3C)CC2)c1.